The Morgan fingerprint density at radius 1 is 0.686 bits per heavy atom. The highest BCUT2D eigenvalue weighted by Gasteiger charge is 2.39. The van der Waals surface area contributed by atoms with Gasteiger partial charge in [0.2, 0.25) is 0 Å². The lowest BCUT2D eigenvalue weighted by Crippen LogP contribution is -2.44. The van der Waals surface area contributed by atoms with Crippen LogP contribution in [0, 0.1) is 5.92 Å². The SMILES string of the molecule is CCCCCCCCC(CCCCCCc1cccc2c1Cc1ccccc1-2)C(OC)(OC)OC. The fourth-order valence-corrected chi connectivity index (χ4v) is 5.94. The summed E-state index contributed by atoms with van der Waals surface area (Å²) < 4.78 is 17.3. The van der Waals surface area contributed by atoms with Gasteiger partial charge in [-0.1, -0.05) is 107 Å². The van der Waals surface area contributed by atoms with Crippen LogP contribution in [-0.4, -0.2) is 27.3 Å². The molecule has 0 saturated heterocycles. The standard InChI is InChI=1S/C32H48O3/c1-5-6-7-8-9-13-21-28(32(33-2,34-3)35-4)22-14-11-10-12-18-26-20-17-24-30-29-23-16-15-19-27(29)25-31(26)30/h15-17,19-20,23-24,28H,5-14,18,21-22,25H2,1-4H3. The molecule has 0 N–H and O–H groups in total. The van der Waals surface area contributed by atoms with Gasteiger partial charge in [-0.3, -0.25) is 0 Å². The Kier molecular flexibility index (Phi) is 11.8. The number of fused-ring (bicyclic) bond motifs is 3. The molecule has 1 unspecified atom stereocenters. The van der Waals surface area contributed by atoms with Crippen molar-refractivity contribution in [3.8, 4) is 11.1 Å². The van der Waals surface area contributed by atoms with E-state index in [1.54, 1.807) is 26.9 Å². The smallest absolute Gasteiger partial charge is 0.285 e. The first-order chi connectivity index (χ1) is 17.2. The van der Waals surface area contributed by atoms with Gasteiger partial charge in [0.05, 0.1) is 0 Å². The lowest BCUT2D eigenvalue weighted by Gasteiger charge is -2.36. The minimum Gasteiger partial charge on any atom is -0.331 e. The van der Waals surface area contributed by atoms with E-state index in [-0.39, 0.29) is 5.92 Å². The minimum absolute atomic E-state index is 0.268. The van der Waals surface area contributed by atoms with Crippen LogP contribution in [0.5, 0.6) is 0 Å². The second kappa shape index (κ2) is 14.8. The molecule has 0 aliphatic heterocycles. The van der Waals surface area contributed by atoms with Crippen LogP contribution in [0.2, 0.25) is 0 Å². The molecule has 3 heteroatoms. The first-order valence-corrected chi connectivity index (χ1v) is 14.0. The molecule has 1 atom stereocenters. The van der Waals surface area contributed by atoms with E-state index in [0.29, 0.717) is 0 Å². The second-order valence-corrected chi connectivity index (χ2v) is 10.2. The quantitative estimate of drug-likeness (QED) is 0.135. The first kappa shape index (κ1) is 27.9. The number of hydrogen-bond donors (Lipinski definition) is 0. The summed E-state index contributed by atoms with van der Waals surface area (Å²) >= 11 is 0. The maximum atomic E-state index is 5.75. The zero-order valence-corrected chi connectivity index (χ0v) is 22.7. The summed E-state index contributed by atoms with van der Waals surface area (Å²) in [5.74, 6) is -0.646. The maximum Gasteiger partial charge on any atom is 0.285 e. The van der Waals surface area contributed by atoms with Gasteiger partial charge in [0, 0.05) is 27.2 Å². The number of methoxy groups -OCH3 is 3. The fourth-order valence-electron chi connectivity index (χ4n) is 5.94. The number of hydrogen-bond acceptors (Lipinski definition) is 3. The van der Waals surface area contributed by atoms with Crippen molar-refractivity contribution in [3.63, 3.8) is 0 Å². The van der Waals surface area contributed by atoms with Crippen molar-refractivity contribution in [1.82, 2.24) is 0 Å². The van der Waals surface area contributed by atoms with Gasteiger partial charge < -0.3 is 14.2 Å². The van der Waals surface area contributed by atoms with Crippen LogP contribution in [0.3, 0.4) is 0 Å². The van der Waals surface area contributed by atoms with E-state index >= 15 is 0 Å². The third-order valence-corrected chi connectivity index (χ3v) is 7.96. The molecule has 3 rings (SSSR count). The zero-order chi connectivity index (χ0) is 24.9. The molecule has 0 saturated carbocycles. The monoisotopic (exact) mass is 480 g/mol. The molecule has 0 amide bonds. The van der Waals surface area contributed by atoms with E-state index in [1.165, 1.54) is 92.9 Å². The van der Waals surface area contributed by atoms with Gasteiger partial charge in [-0.05, 0) is 59.9 Å². The summed E-state index contributed by atoms with van der Waals surface area (Å²) in [6, 6.07) is 15.7. The zero-order valence-electron chi connectivity index (χ0n) is 22.7. The fraction of sp³-hybridized carbons (Fsp3) is 0.625. The van der Waals surface area contributed by atoms with Gasteiger partial charge >= 0.3 is 0 Å². The van der Waals surface area contributed by atoms with Crippen LogP contribution >= 0.6 is 0 Å². The molecule has 1 aliphatic rings. The first-order valence-electron chi connectivity index (χ1n) is 14.0. The predicted molar refractivity (Wildman–Crippen MR) is 147 cm³/mol. The summed E-state index contributed by atoms with van der Waals surface area (Å²) in [6.07, 6.45) is 17.2. The van der Waals surface area contributed by atoms with E-state index in [0.717, 1.165) is 19.3 Å². The molecule has 3 nitrogen and oxygen atoms in total. The average molecular weight is 481 g/mol. The molecule has 35 heavy (non-hydrogen) atoms. The number of ether oxygens (including phenoxy) is 3. The molecule has 0 bridgehead atoms. The van der Waals surface area contributed by atoms with Crippen LogP contribution in [0.25, 0.3) is 11.1 Å². The molecule has 0 heterocycles. The Hall–Kier alpha value is -1.68. The van der Waals surface area contributed by atoms with Crippen molar-refractivity contribution < 1.29 is 14.2 Å². The lowest BCUT2D eigenvalue weighted by atomic mass is 9.91. The van der Waals surface area contributed by atoms with Gasteiger partial charge in [-0.25, -0.2) is 0 Å². The van der Waals surface area contributed by atoms with Gasteiger partial charge in [0.1, 0.15) is 0 Å². The summed E-state index contributed by atoms with van der Waals surface area (Å²) in [6.45, 7) is 2.27. The molecule has 0 aromatic heterocycles. The topological polar surface area (TPSA) is 27.7 Å². The molecule has 2 aromatic carbocycles. The van der Waals surface area contributed by atoms with E-state index in [2.05, 4.69) is 49.4 Å². The second-order valence-electron chi connectivity index (χ2n) is 10.2. The molecule has 194 valence electrons. The average Bonchev–Trinajstić information content (AvgIpc) is 3.28. The molecular formula is C32H48O3. The highest BCUT2D eigenvalue weighted by molar-refractivity contribution is 5.77. The minimum atomic E-state index is -0.914. The van der Waals surface area contributed by atoms with Crippen molar-refractivity contribution in [1.29, 1.82) is 0 Å². The molecular weight excluding hydrogens is 432 g/mol. The van der Waals surface area contributed by atoms with Crippen LogP contribution in [-0.2, 0) is 27.1 Å². The van der Waals surface area contributed by atoms with Crippen LogP contribution in [0.4, 0.5) is 0 Å². The van der Waals surface area contributed by atoms with Crippen molar-refractivity contribution >= 4 is 0 Å². The van der Waals surface area contributed by atoms with Crippen molar-refractivity contribution in [2.75, 3.05) is 21.3 Å². The van der Waals surface area contributed by atoms with Gasteiger partial charge in [0.15, 0.2) is 0 Å². The molecule has 0 radical (unpaired) electrons. The number of benzene rings is 2. The van der Waals surface area contributed by atoms with Crippen molar-refractivity contribution in [3.05, 3.63) is 59.2 Å². The molecule has 2 aromatic rings. The highest BCUT2D eigenvalue weighted by atomic mass is 16.9. The van der Waals surface area contributed by atoms with E-state index in [9.17, 15) is 0 Å². The summed E-state index contributed by atoms with van der Waals surface area (Å²) in [5.41, 5.74) is 7.45. The van der Waals surface area contributed by atoms with E-state index < -0.39 is 5.97 Å². The van der Waals surface area contributed by atoms with Crippen molar-refractivity contribution in [2.45, 2.75) is 103 Å². The van der Waals surface area contributed by atoms with E-state index in [4.69, 9.17) is 14.2 Å². The Morgan fingerprint density at radius 3 is 1.97 bits per heavy atom. The number of unbranched alkanes of at least 4 members (excludes halogenated alkanes) is 8. The van der Waals surface area contributed by atoms with Gasteiger partial charge in [0.25, 0.3) is 5.97 Å². The maximum absolute atomic E-state index is 5.75. The Balaban J connectivity index is 1.44. The molecule has 0 fully saturated rings. The summed E-state index contributed by atoms with van der Waals surface area (Å²) in [5, 5.41) is 0. The van der Waals surface area contributed by atoms with E-state index in [1.807, 2.05) is 0 Å². The summed E-state index contributed by atoms with van der Waals surface area (Å²) in [4.78, 5) is 0. The largest absolute Gasteiger partial charge is 0.331 e. The number of rotatable bonds is 18. The Labute approximate surface area is 214 Å². The third-order valence-electron chi connectivity index (χ3n) is 7.96. The van der Waals surface area contributed by atoms with Crippen LogP contribution in [0.1, 0.15) is 101 Å². The third kappa shape index (κ3) is 7.41. The van der Waals surface area contributed by atoms with Crippen LogP contribution < -0.4 is 0 Å². The van der Waals surface area contributed by atoms with Crippen molar-refractivity contribution in [2.24, 2.45) is 5.92 Å². The molecule has 0 spiro atoms. The highest BCUT2D eigenvalue weighted by Crippen LogP contribution is 2.38. The Morgan fingerprint density at radius 2 is 1.29 bits per heavy atom. The predicted octanol–water partition coefficient (Wildman–Crippen LogP) is 8.71. The van der Waals surface area contributed by atoms with Gasteiger partial charge in [-0.15, -0.1) is 0 Å². The summed E-state index contributed by atoms with van der Waals surface area (Å²) in [7, 11) is 5.12. The van der Waals surface area contributed by atoms with Gasteiger partial charge in [-0.2, -0.15) is 0 Å². The lowest BCUT2D eigenvalue weighted by molar-refractivity contribution is -0.380. The molecule has 1 aliphatic carbocycles. The van der Waals surface area contributed by atoms with Crippen LogP contribution in [0.15, 0.2) is 42.5 Å². The number of aryl methyl sites for hydroxylation is 1. The Bertz CT molecular complexity index is 863. The normalized spacial score (nSPS) is 13.6.